The largest absolute Gasteiger partial charge is 0.485 e. The van der Waals surface area contributed by atoms with Crippen molar-refractivity contribution >= 4 is 23.2 Å². The Hall–Kier alpha value is -3.33. The monoisotopic (exact) mass is 508 g/mol. The first-order valence-electron chi connectivity index (χ1n) is 12.5. The zero-order chi connectivity index (χ0) is 25.1. The lowest BCUT2D eigenvalue weighted by atomic mass is 9.94. The summed E-state index contributed by atoms with van der Waals surface area (Å²) in [7, 11) is 1.83. The third-order valence-corrected chi connectivity index (χ3v) is 7.69. The molecule has 2 aromatic heterocycles. The molecule has 5 rings (SSSR count). The minimum absolute atomic E-state index is 0.0831. The van der Waals surface area contributed by atoms with Gasteiger partial charge < -0.3 is 19.7 Å². The number of benzene rings is 1. The molecule has 1 aliphatic carbocycles. The second kappa shape index (κ2) is 10.7. The Bertz CT molecular complexity index is 1200. The van der Waals surface area contributed by atoms with Crippen LogP contribution in [0.5, 0.6) is 11.5 Å². The number of aryl methyl sites for hydroxylation is 2. The van der Waals surface area contributed by atoms with Crippen molar-refractivity contribution in [2.45, 2.75) is 63.8 Å². The lowest BCUT2D eigenvalue weighted by Gasteiger charge is -2.36. The van der Waals surface area contributed by atoms with E-state index in [2.05, 4.69) is 10.4 Å². The molecule has 1 saturated carbocycles. The number of hydrogen-bond acceptors (Lipinski definition) is 6. The van der Waals surface area contributed by atoms with Gasteiger partial charge in [-0.1, -0.05) is 37.5 Å². The summed E-state index contributed by atoms with van der Waals surface area (Å²) >= 11 is 1.55. The lowest BCUT2D eigenvalue weighted by Crippen LogP contribution is -2.52. The zero-order valence-corrected chi connectivity index (χ0v) is 21.5. The minimum atomic E-state index is -0.859. The molecule has 3 heterocycles. The van der Waals surface area contributed by atoms with Crippen molar-refractivity contribution in [3.05, 3.63) is 64.1 Å². The zero-order valence-electron chi connectivity index (χ0n) is 20.7. The first-order chi connectivity index (χ1) is 17.5. The number of thiophene rings is 1. The van der Waals surface area contributed by atoms with Gasteiger partial charge in [0, 0.05) is 29.7 Å². The van der Waals surface area contributed by atoms with Crippen LogP contribution in [0.25, 0.3) is 0 Å². The van der Waals surface area contributed by atoms with Crippen LogP contribution in [0.2, 0.25) is 0 Å². The number of ether oxygens (including phenoxy) is 2. The quantitative estimate of drug-likeness (QED) is 0.518. The first-order valence-corrected chi connectivity index (χ1v) is 13.4. The second-order valence-electron chi connectivity index (χ2n) is 9.50. The van der Waals surface area contributed by atoms with E-state index in [0.717, 1.165) is 36.3 Å². The molecule has 1 aliphatic heterocycles. The summed E-state index contributed by atoms with van der Waals surface area (Å²) in [5.41, 5.74) is 1.43. The fourth-order valence-corrected chi connectivity index (χ4v) is 5.76. The van der Waals surface area contributed by atoms with Crippen LogP contribution in [0.3, 0.4) is 0 Å². The van der Waals surface area contributed by atoms with Crippen molar-refractivity contribution in [1.82, 2.24) is 20.0 Å². The van der Waals surface area contributed by atoms with Crippen LogP contribution in [-0.4, -0.2) is 45.2 Å². The number of carbonyl (C=O) groups excluding carboxylic acids is 2. The Morgan fingerprint density at radius 2 is 1.94 bits per heavy atom. The number of nitrogens with zero attached hydrogens (tertiary/aromatic N) is 3. The van der Waals surface area contributed by atoms with E-state index in [0.29, 0.717) is 17.1 Å². The topological polar surface area (TPSA) is 85.7 Å². The molecular formula is C27H32N4O4S. The summed E-state index contributed by atoms with van der Waals surface area (Å²) in [6.07, 6.45) is 6.29. The van der Waals surface area contributed by atoms with Crippen LogP contribution in [0.1, 0.15) is 54.3 Å². The molecule has 0 unspecified atom stereocenters. The van der Waals surface area contributed by atoms with Gasteiger partial charge in [0.15, 0.2) is 11.5 Å². The SMILES string of the molecule is Cc1nn(C)cc1[C@H](C(=O)NC1CCCCC1)N(Cc1cccs1)C(=O)[C@H]1COc2ccccc2O1. The van der Waals surface area contributed by atoms with Crippen molar-refractivity contribution < 1.29 is 19.1 Å². The molecule has 1 aromatic carbocycles. The second-order valence-corrected chi connectivity index (χ2v) is 10.5. The number of carbonyl (C=O) groups is 2. The standard InChI is InChI=1S/C27H32N4O4S/c1-18-21(16-30(2)29-18)25(26(32)28-19-9-4-3-5-10-19)31(15-20-11-8-14-36-20)27(33)24-17-34-22-12-6-7-13-23(22)35-24/h6-8,11-14,16,19,24-25H,3-5,9-10,15,17H2,1-2H3,(H,28,32)/t24-,25-/m1/s1. The van der Waals surface area contributed by atoms with Crippen LogP contribution in [0.4, 0.5) is 0 Å². The summed E-state index contributed by atoms with van der Waals surface area (Å²) in [6.45, 7) is 2.25. The van der Waals surface area contributed by atoms with Gasteiger partial charge in [-0.2, -0.15) is 5.10 Å². The van der Waals surface area contributed by atoms with E-state index < -0.39 is 12.1 Å². The first kappa shape index (κ1) is 24.4. The van der Waals surface area contributed by atoms with Gasteiger partial charge in [-0.05, 0) is 43.3 Å². The van der Waals surface area contributed by atoms with Gasteiger partial charge in [-0.25, -0.2) is 0 Å². The van der Waals surface area contributed by atoms with E-state index in [9.17, 15) is 9.59 Å². The maximum atomic E-state index is 14.1. The number of rotatable bonds is 7. The van der Waals surface area contributed by atoms with Gasteiger partial charge in [0.2, 0.25) is 12.0 Å². The third kappa shape index (κ3) is 5.26. The Labute approximate surface area is 215 Å². The molecule has 0 saturated heterocycles. The average molecular weight is 509 g/mol. The molecule has 2 atom stereocenters. The van der Waals surface area contributed by atoms with Crippen LogP contribution in [0, 0.1) is 6.92 Å². The van der Waals surface area contributed by atoms with Gasteiger partial charge >= 0.3 is 0 Å². The van der Waals surface area contributed by atoms with E-state index in [1.165, 1.54) is 6.42 Å². The predicted octanol–water partition coefficient (Wildman–Crippen LogP) is 4.15. The Morgan fingerprint density at radius 3 is 2.64 bits per heavy atom. The highest BCUT2D eigenvalue weighted by Gasteiger charge is 2.40. The van der Waals surface area contributed by atoms with E-state index in [1.54, 1.807) is 27.0 Å². The van der Waals surface area contributed by atoms with Crippen molar-refractivity contribution in [2.24, 2.45) is 7.05 Å². The number of fused-ring (bicyclic) bond motifs is 1. The Balaban J connectivity index is 1.49. The number of hydrogen-bond donors (Lipinski definition) is 1. The van der Waals surface area contributed by atoms with E-state index in [-0.39, 0.29) is 31.0 Å². The van der Waals surface area contributed by atoms with E-state index in [4.69, 9.17) is 9.47 Å². The number of aromatic nitrogens is 2. The molecule has 0 spiro atoms. The molecular weight excluding hydrogens is 476 g/mol. The van der Waals surface area contributed by atoms with Gasteiger partial charge in [0.25, 0.3) is 5.91 Å². The normalized spacial score (nSPS) is 18.4. The summed E-state index contributed by atoms with van der Waals surface area (Å²) < 4.78 is 13.6. The van der Waals surface area contributed by atoms with Gasteiger partial charge in [-0.15, -0.1) is 11.3 Å². The lowest BCUT2D eigenvalue weighted by molar-refractivity contribution is -0.149. The fraction of sp³-hybridized carbons (Fsp3) is 0.444. The molecule has 1 fully saturated rings. The Morgan fingerprint density at radius 1 is 1.17 bits per heavy atom. The van der Waals surface area contributed by atoms with Crippen LogP contribution in [0.15, 0.2) is 48.0 Å². The van der Waals surface area contributed by atoms with Crippen LogP contribution >= 0.6 is 11.3 Å². The van der Waals surface area contributed by atoms with Crippen molar-refractivity contribution in [3.8, 4) is 11.5 Å². The van der Waals surface area contributed by atoms with Crippen LogP contribution in [-0.2, 0) is 23.2 Å². The highest BCUT2D eigenvalue weighted by molar-refractivity contribution is 7.09. The molecule has 2 amide bonds. The summed E-state index contributed by atoms with van der Waals surface area (Å²) in [5, 5.41) is 9.71. The van der Waals surface area contributed by atoms with Gasteiger partial charge in [0.05, 0.1) is 12.2 Å². The molecule has 190 valence electrons. The molecule has 9 heteroatoms. The summed E-state index contributed by atoms with van der Waals surface area (Å²) in [5.74, 6) is 0.671. The third-order valence-electron chi connectivity index (χ3n) is 6.83. The number of nitrogens with one attached hydrogen (secondary N) is 1. The molecule has 1 N–H and O–H groups in total. The predicted molar refractivity (Wildman–Crippen MR) is 137 cm³/mol. The van der Waals surface area contributed by atoms with E-state index in [1.807, 2.05) is 55.9 Å². The smallest absolute Gasteiger partial charge is 0.268 e. The highest BCUT2D eigenvalue weighted by Crippen LogP contribution is 2.34. The van der Waals surface area contributed by atoms with Crippen molar-refractivity contribution in [2.75, 3.05) is 6.61 Å². The molecule has 3 aromatic rings. The number of para-hydroxylation sites is 2. The average Bonchev–Trinajstić information content (AvgIpc) is 3.52. The molecule has 0 radical (unpaired) electrons. The molecule has 0 bridgehead atoms. The Kier molecular flexibility index (Phi) is 7.27. The highest BCUT2D eigenvalue weighted by atomic mass is 32.1. The summed E-state index contributed by atoms with van der Waals surface area (Å²) in [6, 6.07) is 10.5. The van der Waals surface area contributed by atoms with Crippen LogP contribution < -0.4 is 14.8 Å². The fourth-order valence-electron chi connectivity index (χ4n) is 5.06. The summed E-state index contributed by atoms with van der Waals surface area (Å²) in [4.78, 5) is 30.6. The maximum Gasteiger partial charge on any atom is 0.268 e. The van der Waals surface area contributed by atoms with E-state index >= 15 is 0 Å². The molecule has 36 heavy (non-hydrogen) atoms. The van der Waals surface area contributed by atoms with Gasteiger partial charge in [-0.3, -0.25) is 14.3 Å². The van der Waals surface area contributed by atoms with Gasteiger partial charge in [0.1, 0.15) is 12.6 Å². The number of amides is 2. The maximum absolute atomic E-state index is 14.1. The molecule has 8 nitrogen and oxygen atoms in total. The van der Waals surface area contributed by atoms with Crippen molar-refractivity contribution in [1.29, 1.82) is 0 Å². The molecule has 2 aliphatic rings. The van der Waals surface area contributed by atoms with Crippen molar-refractivity contribution in [3.63, 3.8) is 0 Å². The minimum Gasteiger partial charge on any atom is -0.485 e.